The maximum atomic E-state index is 5.98. The topological polar surface area (TPSA) is 59.1 Å². The fourth-order valence-electron chi connectivity index (χ4n) is 2.42. The van der Waals surface area contributed by atoms with Crippen LogP contribution in [-0.4, -0.2) is 16.5 Å². The van der Waals surface area contributed by atoms with Gasteiger partial charge in [-0.1, -0.05) is 44.2 Å². The average Bonchev–Trinajstić information content (AvgIpc) is 2.64. The van der Waals surface area contributed by atoms with Gasteiger partial charge in [0.15, 0.2) is 5.75 Å². The van der Waals surface area contributed by atoms with Crippen molar-refractivity contribution in [1.82, 2.24) is 9.97 Å². The molecule has 26 heavy (non-hydrogen) atoms. The zero-order valence-electron chi connectivity index (χ0n) is 15.1. The summed E-state index contributed by atoms with van der Waals surface area (Å²) < 4.78 is 5.98. The lowest BCUT2D eigenvalue weighted by atomic mass is 10.1. The predicted molar refractivity (Wildman–Crippen MR) is 106 cm³/mol. The number of nitrogens with zero attached hydrogens (tertiary/aromatic N) is 2. The summed E-state index contributed by atoms with van der Waals surface area (Å²) in [5.41, 5.74) is 0.850. The van der Waals surface area contributed by atoms with Gasteiger partial charge < -0.3 is 15.4 Å². The van der Waals surface area contributed by atoms with Gasteiger partial charge in [-0.2, -0.15) is 0 Å². The second-order valence-corrected chi connectivity index (χ2v) is 6.43. The summed E-state index contributed by atoms with van der Waals surface area (Å²) in [6, 6.07) is 19.4. The third kappa shape index (κ3) is 5.21. The minimum absolute atomic E-state index is 0.656. The van der Waals surface area contributed by atoms with Crippen molar-refractivity contribution < 1.29 is 4.74 Å². The second-order valence-electron chi connectivity index (χ2n) is 6.43. The number of anilines is 3. The Labute approximate surface area is 154 Å². The quantitative estimate of drug-likeness (QED) is 0.565. The van der Waals surface area contributed by atoms with E-state index in [1.165, 1.54) is 0 Å². The van der Waals surface area contributed by atoms with E-state index in [9.17, 15) is 0 Å². The van der Waals surface area contributed by atoms with Crippen molar-refractivity contribution in [2.75, 3.05) is 17.2 Å². The molecule has 1 heterocycles. The minimum atomic E-state index is 0.656. The van der Waals surface area contributed by atoms with Crippen LogP contribution in [0.5, 0.6) is 11.5 Å². The van der Waals surface area contributed by atoms with Crippen LogP contribution in [0.1, 0.15) is 20.3 Å². The van der Waals surface area contributed by atoms with E-state index in [0.717, 1.165) is 41.8 Å². The van der Waals surface area contributed by atoms with Gasteiger partial charge in [0.05, 0.1) is 5.69 Å². The van der Waals surface area contributed by atoms with Crippen LogP contribution in [0.25, 0.3) is 0 Å². The molecular formula is C21H24N4O. The van der Waals surface area contributed by atoms with Crippen molar-refractivity contribution in [2.24, 2.45) is 5.92 Å². The van der Waals surface area contributed by atoms with Crippen LogP contribution in [0.4, 0.5) is 17.3 Å². The van der Waals surface area contributed by atoms with Crippen LogP contribution in [0.2, 0.25) is 0 Å². The zero-order chi connectivity index (χ0) is 18.2. The lowest BCUT2D eigenvalue weighted by molar-refractivity contribution is 0.485. The molecule has 2 N–H and O–H groups in total. The molecule has 0 radical (unpaired) electrons. The van der Waals surface area contributed by atoms with Crippen molar-refractivity contribution in [3.8, 4) is 11.5 Å². The van der Waals surface area contributed by atoms with Gasteiger partial charge in [0.25, 0.3) is 0 Å². The molecule has 3 aromatic rings. The molecule has 0 saturated carbocycles. The lowest BCUT2D eigenvalue weighted by Crippen LogP contribution is -2.07. The molecule has 0 aliphatic heterocycles. The Hall–Kier alpha value is -3.08. The van der Waals surface area contributed by atoms with Crippen molar-refractivity contribution >= 4 is 17.3 Å². The molecule has 0 atom stereocenters. The molecule has 1 aromatic heterocycles. The van der Waals surface area contributed by atoms with E-state index in [0.29, 0.717) is 5.92 Å². The minimum Gasteiger partial charge on any atom is -0.455 e. The maximum absolute atomic E-state index is 5.98. The third-order valence-electron chi connectivity index (χ3n) is 3.82. The average molecular weight is 348 g/mol. The van der Waals surface area contributed by atoms with Gasteiger partial charge in [0.2, 0.25) is 0 Å². The standard InChI is InChI=1S/C21H24N4O/c1-16(2)12-13-22-20-14-21(24-15-23-20)25-18-10-6-7-11-19(18)26-17-8-4-3-5-9-17/h3-11,14-16H,12-13H2,1-2H3,(H2,22,23,24,25). The smallest absolute Gasteiger partial charge is 0.150 e. The zero-order valence-corrected chi connectivity index (χ0v) is 15.1. The van der Waals surface area contributed by atoms with Crippen LogP contribution in [0.15, 0.2) is 67.0 Å². The normalized spacial score (nSPS) is 10.6. The molecule has 0 aliphatic carbocycles. The number of hydrogen-bond donors (Lipinski definition) is 2. The first-order valence-corrected chi connectivity index (χ1v) is 8.85. The molecule has 134 valence electrons. The summed E-state index contributed by atoms with van der Waals surface area (Å²) in [7, 11) is 0. The summed E-state index contributed by atoms with van der Waals surface area (Å²) in [6.07, 6.45) is 2.65. The highest BCUT2D eigenvalue weighted by molar-refractivity contribution is 5.66. The van der Waals surface area contributed by atoms with Gasteiger partial charge in [-0.3, -0.25) is 0 Å². The molecule has 0 unspecified atom stereocenters. The summed E-state index contributed by atoms with van der Waals surface area (Å²) in [5.74, 6) is 3.72. The molecule has 5 heteroatoms. The van der Waals surface area contributed by atoms with E-state index in [1.807, 2.05) is 60.7 Å². The molecular weight excluding hydrogens is 324 g/mol. The van der Waals surface area contributed by atoms with Crippen LogP contribution >= 0.6 is 0 Å². The predicted octanol–water partition coefficient (Wildman–Crippen LogP) is 5.47. The molecule has 0 saturated heterocycles. The number of rotatable bonds is 8. The van der Waals surface area contributed by atoms with E-state index in [-0.39, 0.29) is 0 Å². The Bertz CT molecular complexity index is 821. The first-order valence-electron chi connectivity index (χ1n) is 8.85. The number of hydrogen-bond acceptors (Lipinski definition) is 5. The molecule has 0 amide bonds. The van der Waals surface area contributed by atoms with Crippen LogP contribution in [0, 0.1) is 5.92 Å². The first-order chi connectivity index (χ1) is 12.7. The number of nitrogens with one attached hydrogen (secondary N) is 2. The Morgan fingerprint density at radius 3 is 2.46 bits per heavy atom. The number of para-hydroxylation sites is 3. The Morgan fingerprint density at radius 1 is 0.923 bits per heavy atom. The van der Waals surface area contributed by atoms with E-state index in [4.69, 9.17) is 4.74 Å². The summed E-state index contributed by atoms with van der Waals surface area (Å²) >= 11 is 0. The summed E-state index contributed by atoms with van der Waals surface area (Å²) in [5, 5.41) is 6.65. The second kappa shape index (κ2) is 8.85. The van der Waals surface area contributed by atoms with Crippen molar-refractivity contribution in [3.05, 3.63) is 67.0 Å². The van der Waals surface area contributed by atoms with Crippen molar-refractivity contribution in [3.63, 3.8) is 0 Å². The van der Waals surface area contributed by atoms with Crippen molar-refractivity contribution in [2.45, 2.75) is 20.3 Å². The van der Waals surface area contributed by atoms with E-state index in [2.05, 4.69) is 34.4 Å². The molecule has 0 aliphatic rings. The van der Waals surface area contributed by atoms with Gasteiger partial charge in [0, 0.05) is 12.6 Å². The number of ether oxygens (including phenoxy) is 1. The maximum Gasteiger partial charge on any atom is 0.150 e. The highest BCUT2D eigenvalue weighted by atomic mass is 16.5. The van der Waals surface area contributed by atoms with E-state index < -0.39 is 0 Å². The van der Waals surface area contributed by atoms with Gasteiger partial charge in [-0.15, -0.1) is 0 Å². The molecule has 0 fully saturated rings. The van der Waals surface area contributed by atoms with Crippen LogP contribution in [0.3, 0.4) is 0 Å². The van der Waals surface area contributed by atoms with Gasteiger partial charge >= 0.3 is 0 Å². The van der Waals surface area contributed by atoms with E-state index >= 15 is 0 Å². The van der Waals surface area contributed by atoms with Gasteiger partial charge in [-0.05, 0) is 36.6 Å². The highest BCUT2D eigenvalue weighted by Gasteiger charge is 2.06. The summed E-state index contributed by atoms with van der Waals surface area (Å²) in [4.78, 5) is 8.58. The molecule has 3 rings (SSSR count). The largest absolute Gasteiger partial charge is 0.455 e. The Morgan fingerprint density at radius 2 is 1.65 bits per heavy atom. The molecule has 2 aromatic carbocycles. The number of benzene rings is 2. The van der Waals surface area contributed by atoms with Gasteiger partial charge in [-0.25, -0.2) is 9.97 Å². The number of aromatic nitrogens is 2. The fourth-order valence-corrected chi connectivity index (χ4v) is 2.42. The van der Waals surface area contributed by atoms with Crippen LogP contribution in [-0.2, 0) is 0 Å². The molecule has 0 bridgehead atoms. The monoisotopic (exact) mass is 348 g/mol. The first kappa shape index (κ1) is 17.7. The SMILES string of the molecule is CC(C)CCNc1cc(Nc2ccccc2Oc2ccccc2)ncn1. The molecule has 0 spiro atoms. The highest BCUT2D eigenvalue weighted by Crippen LogP contribution is 2.31. The van der Waals surface area contributed by atoms with Crippen LogP contribution < -0.4 is 15.4 Å². The summed E-state index contributed by atoms with van der Waals surface area (Å²) in [6.45, 7) is 5.30. The van der Waals surface area contributed by atoms with Crippen molar-refractivity contribution in [1.29, 1.82) is 0 Å². The van der Waals surface area contributed by atoms with Gasteiger partial charge in [0.1, 0.15) is 23.7 Å². The Kier molecular flexibility index (Phi) is 6.04. The fraction of sp³-hybridized carbons (Fsp3) is 0.238. The Balaban J connectivity index is 1.71. The third-order valence-corrected chi connectivity index (χ3v) is 3.82. The van der Waals surface area contributed by atoms with E-state index in [1.54, 1.807) is 6.33 Å². The lowest BCUT2D eigenvalue weighted by Gasteiger charge is -2.13. The molecule has 5 nitrogen and oxygen atoms in total.